The molecule has 2 saturated carbocycles. The molecule has 2 fully saturated rings. The highest BCUT2D eigenvalue weighted by Gasteiger charge is 2.44. The molecule has 4 N–H and O–H groups in total. The van der Waals surface area contributed by atoms with E-state index in [9.17, 15) is 37.4 Å². The van der Waals surface area contributed by atoms with Crippen LogP contribution in [0.4, 0.5) is 17.6 Å². The minimum Gasteiger partial charge on any atom is -0.395 e. The minimum atomic E-state index is -2.75. The molecule has 0 radical (unpaired) electrons. The fourth-order valence-electron chi connectivity index (χ4n) is 8.97. The molecule has 0 aliphatic heterocycles. The number of benzene rings is 2. The highest BCUT2D eigenvalue weighted by molar-refractivity contribution is 5.80. The molecule has 14 heteroatoms. The molecule has 2 aliphatic carbocycles. The van der Waals surface area contributed by atoms with Crippen molar-refractivity contribution in [3.63, 3.8) is 0 Å². The quantitative estimate of drug-likeness (QED) is 0.0991. The number of aromatic amines is 2. The van der Waals surface area contributed by atoms with Crippen LogP contribution in [-0.4, -0.2) is 89.9 Å². The molecule has 0 spiro atoms. The number of amides is 2. The molecule has 326 valence electrons. The number of aromatic nitrogens is 4. The molecule has 6 rings (SSSR count). The summed E-state index contributed by atoms with van der Waals surface area (Å²) < 4.78 is 55.7. The van der Waals surface area contributed by atoms with Gasteiger partial charge in [0, 0.05) is 50.6 Å². The molecule has 2 atom stereocenters. The van der Waals surface area contributed by atoms with E-state index in [2.05, 4.69) is 9.97 Å². The first-order valence-corrected chi connectivity index (χ1v) is 21.1. The van der Waals surface area contributed by atoms with E-state index in [1.54, 1.807) is 22.2 Å². The number of hydrogen-bond acceptors (Lipinski definition) is 6. The standard InChI is InChI=1S/C46H60F4N6O4/c1-43(2,3)37(55(23-25-57)41(59)33-15-19-45(47,48)20-16-33)39-51-27-35(53-39)31-11-7-29(8-12-31)30-9-13-32(14-10-30)36-28-52-40(54-36)38(44(4,5)6)56(24-26-58)42(60)34-17-21-46(49,50)22-18-34/h7-14,27-28,33-34,37-38,57-58H,15-26H2,1-6H3,(H,51,53)(H,52,54). The van der Waals surface area contributed by atoms with Crippen LogP contribution in [0.3, 0.4) is 0 Å². The molecule has 0 bridgehead atoms. The number of H-pyrrole nitrogens is 2. The summed E-state index contributed by atoms with van der Waals surface area (Å²) >= 11 is 0. The van der Waals surface area contributed by atoms with Crippen LogP contribution in [0, 0.1) is 22.7 Å². The average molecular weight is 837 g/mol. The fraction of sp³-hybridized carbons (Fsp3) is 0.565. The summed E-state index contributed by atoms with van der Waals surface area (Å²) in [5.74, 6) is -5.93. The Kier molecular flexibility index (Phi) is 13.3. The van der Waals surface area contributed by atoms with Crippen molar-refractivity contribution in [2.75, 3.05) is 26.3 Å². The number of nitrogens with zero attached hydrogens (tertiary/aromatic N) is 4. The first-order valence-electron chi connectivity index (χ1n) is 21.1. The second-order valence-corrected chi connectivity index (χ2v) is 18.8. The summed E-state index contributed by atoms with van der Waals surface area (Å²) in [7, 11) is 0. The molecule has 2 aliphatic rings. The van der Waals surface area contributed by atoms with Gasteiger partial charge in [-0.05, 0) is 58.8 Å². The third-order valence-corrected chi connectivity index (χ3v) is 12.1. The summed E-state index contributed by atoms with van der Waals surface area (Å²) in [6.07, 6.45) is 2.59. The van der Waals surface area contributed by atoms with Gasteiger partial charge in [-0.25, -0.2) is 27.5 Å². The van der Waals surface area contributed by atoms with Crippen molar-refractivity contribution in [3.05, 3.63) is 72.6 Å². The van der Waals surface area contributed by atoms with Gasteiger partial charge >= 0.3 is 0 Å². The van der Waals surface area contributed by atoms with Gasteiger partial charge in [0.05, 0.1) is 49.1 Å². The summed E-state index contributed by atoms with van der Waals surface area (Å²) in [4.78, 5) is 47.0. The molecule has 4 aromatic rings. The lowest BCUT2D eigenvalue weighted by Gasteiger charge is -2.41. The average Bonchev–Trinajstić information content (AvgIpc) is 3.87. The number of aliphatic hydroxyl groups is 2. The Balaban J connectivity index is 1.17. The van der Waals surface area contributed by atoms with E-state index < -0.39 is 46.6 Å². The van der Waals surface area contributed by atoms with Crippen molar-refractivity contribution in [3.8, 4) is 33.6 Å². The van der Waals surface area contributed by atoms with Crippen LogP contribution in [0.25, 0.3) is 33.6 Å². The monoisotopic (exact) mass is 836 g/mol. The van der Waals surface area contributed by atoms with E-state index in [0.29, 0.717) is 11.6 Å². The van der Waals surface area contributed by atoms with Gasteiger partial charge in [0.15, 0.2) is 0 Å². The molecule has 2 unspecified atom stereocenters. The predicted molar refractivity (Wildman–Crippen MR) is 223 cm³/mol. The fourth-order valence-corrected chi connectivity index (χ4v) is 8.97. The van der Waals surface area contributed by atoms with Gasteiger partial charge in [0.25, 0.3) is 0 Å². The van der Waals surface area contributed by atoms with E-state index in [1.165, 1.54) is 0 Å². The number of carbonyl (C=O) groups is 2. The van der Waals surface area contributed by atoms with E-state index >= 15 is 0 Å². The number of aliphatic hydroxyl groups excluding tert-OH is 2. The van der Waals surface area contributed by atoms with Crippen molar-refractivity contribution in [2.45, 2.75) is 117 Å². The van der Waals surface area contributed by atoms with Crippen molar-refractivity contribution in [1.82, 2.24) is 29.7 Å². The Bertz CT molecular complexity index is 1900. The Morgan fingerprint density at radius 2 is 0.917 bits per heavy atom. The summed E-state index contributed by atoms with van der Waals surface area (Å²) in [5, 5.41) is 19.9. The van der Waals surface area contributed by atoms with Gasteiger partial charge in [-0.2, -0.15) is 0 Å². The zero-order valence-electron chi connectivity index (χ0n) is 35.6. The maximum atomic E-state index is 13.9. The largest absolute Gasteiger partial charge is 0.395 e. The molecular weight excluding hydrogens is 777 g/mol. The molecule has 2 aromatic carbocycles. The minimum absolute atomic E-state index is 0.0637. The molecule has 10 nitrogen and oxygen atoms in total. The lowest BCUT2D eigenvalue weighted by Crippen LogP contribution is -2.47. The van der Waals surface area contributed by atoms with E-state index in [1.807, 2.05) is 90.1 Å². The smallest absolute Gasteiger partial charge is 0.248 e. The Hall–Kier alpha value is -4.56. The van der Waals surface area contributed by atoms with Crippen molar-refractivity contribution in [2.24, 2.45) is 22.7 Å². The van der Waals surface area contributed by atoms with E-state index in [0.717, 1.165) is 33.6 Å². The predicted octanol–water partition coefficient (Wildman–Crippen LogP) is 9.60. The van der Waals surface area contributed by atoms with Gasteiger partial charge in [0.1, 0.15) is 11.6 Å². The topological polar surface area (TPSA) is 138 Å². The Morgan fingerprint density at radius 3 is 1.20 bits per heavy atom. The zero-order valence-corrected chi connectivity index (χ0v) is 35.6. The van der Waals surface area contributed by atoms with Gasteiger partial charge in [0.2, 0.25) is 23.7 Å². The van der Waals surface area contributed by atoms with Gasteiger partial charge in [-0.1, -0.05) is 90.1 Å². The van der Waals surface area contributed by atoms with Crippen LogP contribution < -0.4 is 0 Å². The van der Waals surface area contributed by atoms with Gasteiger partial charge in [-0.3, -0.25) is 9.59 Å². The van der Waals surface area contributed by atoms with Crippen molar-refractivity contribution >= 4 is 11.8 Å². The third kappa shape index (κ3) is 10.3. The molecular formula is C46H60F4N6O4. The second-order valence-electron chi connectivity index (χ2n) is 18.8. The van der Waals surface area contributed by atoms with Crippen molar-refractivity contribution < 1.29 is 37.4 Å². The van der Waals surface area contributed by atoms with Crippen LogP contribution in [-0.2, 0) is 9.59 Å². The highest BCUT2D eigenvalue weighted by Crippen LogP contribution is 2.44. The Morgan fingerprint density at radius 1 is 0.617 bits per heavy atom. The van der Waals surface area contributed by atoms with Crippen LogP contribution in [0.2, 0.25) is 0 Å². The van der Waals surface area contributed by atoms with Crippen LogP contribution in [0.1, 0.15) is 117 Å². The maximum absolute atomic E-state index is 13.9. The summed E-state index contributed by atoms with van der Waals surface area (Å²) in [6.45, 7) is 11.5. The number of nitrogens with one attached hydrogen (secondary N) is 2. The van der Waals surface area contributed by atoms with Crippen LogP contribution in [0.15, 0.2) is 60.9 Å². The highest BCUT2D eigenvalue weighted by atomic mass is 19.3. The number of imidazole rings is 2. The molecule has 60 heavy (non-hydrogen) atoms. The zero-order chi connectivity index (χ0) is 43.6. The first-order chi connectivity index (χ1) is 28.2. The number of alkyl halides is 4. The van der Waals surface area contributed by atoms with E-state index in [4.69, 9.17) is 9.97 Å². The van der Waals surface area contributed by atoms with Crippen molar-refractivity contribution in [1.29, 1.82) is 0 Å². The van der Waals surface area contributed by atoms with E-state index in [-0.39, 0.29) is 89.5 Å². The SMILES string of the molecule is CC(C)(C)C(c1ncc(-c2ccc(-c3ccc(-c4cnc(C(N(CCO)C(=O)C5CCC(F)(F)CC5)C(C)(C)C)[nH]4)cc3)cc2)[nH]1)N(CCO)C(=O)C1CCC(F)(F)CC1. The van der Waals surface area contributed by atoms with Crippen LogP contribution >= 0.6 is 0 Å². The van der Waals surface area contributed by atoms with Gasteiger partial charge in [-0.15, -0.1) is 0 Å². The maximum Gasteiger partial charge on any atom is 0.248 e. The second kappa shape index (κ2) is 17.8. The molecule has 2 amide bonds. The van der Waals surface area contributed by atoms with Gasteiger partial charge < -0.3 is 30.0 Å². The number of hydrogen-bond donors (Lipinski definition) is 4. The molecule has 2 aromatic heterocycles. The lowest BCUT2D eigenvalue weighted by molar-refractivity contribution is -0.146. The Labute approximate surface area is 350 Å². The number of carbonyl (C=O) groups excluding carboxylic acids is 2. The summed E-state index contributed by atoms with van der Waals surface area (Å²) in [5.41, 5.74) is 4.24. The van der Waals surface area contributed by atoms with Crippen LogP contribution in [0.5, 0.6) is 0 Å². The molecule has 2 heterocycles. The number of halogens is 4. The molecule has 0 saturated heterocycles. The first kappa shape index (κ1) is 45.0. The lowest BCUT2D eigenvalue weighted by atomic mass is 9.82. The normalized spacial score (nSPS) is 18.5. The number of rotatable bonds is 13. The third-order valence-electron chi connectivity index (χ3n) is 12.1. The summed E-state index contributed by atoms with van der Waals surface area (Å²) in [6, 6.07) is 14.9.